The molecule has 3 unspecified atom stereocenters. The standard InChI is InChI=1S/C26H30F2N2O3/c1-17(31)30-23(13-18-11-21(27)15-22(28)12-18)24(32)16-29-26(8-9-26)20-6-4-5-19(14-20)25-7-2-3-10-33-25/h2,4-7,11-12,14-15,23-25,29,32H,3,8-10,13,16H2,1H3,(H,30,31). The van der Waals surface area contributed by atoms with Crippen molar-refractivity contribution >= 4 is 5.91 Å². The van der Waals surface area contributed by atoms with E-state index in [-0.39, 0.29) is 30.5 Å². The van der Waals surface area contributed by atoms with Crippen LogP contribution in [0.2, 0.25) is 0 Å². The van der Waals surface area contributed by atoms with Crippen LogP contribution in [0.25, 0.3) is 0 Å². The number of aliphatic hydroxyl groups is 1. The van der Waals surface area contributed by atoms with Crippen molar-refractivity contribution in [2.45, 2.75) is 56.4 Å². The molecule has 1 fully saturated rings. The topological polar surface area (TPSA) is 70.6 Å². The molecule has 3 N–H and O–H groups in total. The highest BCUT2D eigenvalue weighted by molar-refractivity contribution is 5.73. The summed E-state index contributed by atoms with van der Waals surface area (Å²) < 4.78 is 33.0. The fourth-order valence-electron chi connectivity index (χ4n) is 4.42. The zero-order chi connectivity index (χ0) is 23.4. The first-order valence-corrected chi connectivity index (χ1v) is 11.4. The number of carbonyl (C=O) groups is 1. The van der Waals surface area contributed by atoms with Gasteiger partial charge in [0.15, 0.2) is 0 Å². The lowest BCUT2D eigenvalue weighted by molar-refractivity contribution is -0.120. The average Bonchev–Trinajstić information content (AvgIpc) is 3.58. The molecule has 2 aromatic carbocycles. The summed E-state index contributed by atoms with van der Waals surface area (Å²) >= 11 is 0. The van der Waals surface area contributed by atoms with Crippen LogP contribution < -0.4 is 10.6 Å². The summed E-state index contributed by atoms with van der Waals surface area (Å²) in [4.78, 5) is 11.7. The van der Waals surface area contributed by atoms with Crippen molar-refractivity contribution in [1.82, 2.24) is 10.6 Å². The minimum Gasteiger partial charge on any atom is -0.390 e. The van der Waals surface area contributed by atoms with Crippen molar-refractivity contribution in [3.63, 3.8) is 0 Å². The lowest BCUT2D eigenvalue weighted by Gasteiger charge is -2.27. The average molecular weight is 457 g/mol. The Morgan fingerprint density at radius 3 is 2.61 bits per heavy atom. The van der Waals surface area contributed by atoms with Gasteiger partial charge in [-0.05, 0) is 54.5 Å². The van der Waals surface area contributed by atoms with Crippen LogP contribution in [-0.4, -0.2) is 36.3 Å². The Bertz CT molecular complexity index is 1000. The first-order valence-electron chi connectivity index (χ1n) is 11.4. The highest BCUT2D eigenvalue weighted by Crippen LogP contribution is 2.46. The molecule has 1 aliphatic heterocycles. The highest BCUT2D eigenvalue weighted by atomic mass is 19.1. The molecule has 2 aromatic rings. The highest BCUT2D eigenvalue weighted by Gasteiger charge is 2.44. The number of nitrogens with one attached hydrogen (secondary N) is 2. The largest absolute Gasteiger partial charge is 0.390 e. The number of rotatable bonds is 9. The maximum Gasteiger partial charge on any atom is 0.217 e. The number of halogens is 2. The van der Waals surface area contributed by atoms with Crippen molar-refractivity contribution in [2.75, 3.05) is 13.2 Å². The summed E-state index contributed by atoms with van der Waals surface area (Å²) in [6.07, 6.45) is 6.14. The van der Waals surface area contributed by atoms with Gasteiger partial charge >= 0.3 is 0 Å². The van der Waals surface area contributed by atoms with Gasteiger partial charge in [-0.1, -0.05) is 36.4 Å². The van der Waals surface area contributed by atoms with Gasteiger partial charge in [-0.3, -0.25) is 4.79 Å². The molecule has 3 atom stereocenters. The number of aliphatic hydroxyl groups excluding tert-OH is 1. The molecule has 2 aliphatic rings. The van der Waals surface area contributed by atoms with E-state index in [0.717, 1.165) is 36.5 Å². The first kappa shape index (κ1) is 23.5. The van der Waals surface area contributed by atoms with Gasteiger partial charge in [0.2, 0.25) is 5.91 Å². The molecule has 1 amide bonds. The summed E-state index contributed by atoms with van der Waals surface area (Å²) in [6.45, 7) is 2.29. The molecule has 1 heterocycles. The van der Waals surface area contributed by atoms with Gasteiger partial charge < -0.3 is 20.5 Å². The van der Waals surface area contributed by atoms with Crippen molar-refractivity contribution < 1.29 is 23.4 Å². The Labute approximate surface area is 192 Å². The third kappa shape index (κ3) is 6.05. The number of carbonyl (C=O) groups excluding carboxylic acids is 1. The molecule has 1 saturated carbocycles. The molecule has 1 aliphatic carbocycles. The molecule has 33 heavy (non-hydrogen) atoms. The van der Waals surface area contributed by atoms with E-state index in [1.807, 2.05) is 6.07 Å². The van der Waals surface area contributed by atoms with E-state index in [9.17, 15) is 18.7 Å². The molecule has 5 nitrogen and oxygen atoms in total. The fraction of sp³-hybridized carbons (Fsp3) is 0.423. The Kier molecular flexibility index (Phi) is 7.22. The van der Waals surface area contributed by atoms with Gasteiger partial charge in [0.05, 0.1) is 18.8 Å². The molecule has 0 saturated heterocycles. The van der Waals surface area contributed by atoms with Gasteiger partial charge in [-0.25, -0.2) is 8.78 Å². The summed E-state index contributed by atoms with van der Waals surface area (Å²) in [5.41, 5.74) is 2.38. The molecule has 0 radical (unpaired) electrons. The van der Waals surface area contributed by atoms with E-state index >= 15 is 0 Å². The van der Waals surface area contributed by atoms with E-state index in [1.54, 1.807) is 0 Å². The molecule has 0 bridgehead atoms. The van der Waals surface area contributed by atoms with Crippen molar-refractivity contribution in [3.8, 4) is 0 Å². The smallest absolute Gasteiger partial charge is 0.217 e. The van der Waals surface area contributed by atoms with Crippen LogP contribution in [0.15, 0.2) is 54.6 Å². The molecular weight excluding hydrogens is 426 g/mol. The fourth-order valence-corrected chi connectivity index (χ4v) is 4.42. The second-order valence-corrected chi connectivity index (χ2v) is 8.95. The SMILES string of the molecule is CC(=O)NC(Cc1cc(F)cc(F)c1)C(O)CNC1(c2cccc(C3C=CCCO3)c2)CC1. The van der Waals surface area contributed by atoms with Gasteiger partial charge in [-0.2, -0.15) is 0 Å². The summed E-state index contributed by atoms with van der Waals surface area (Å²) in [5, 5.41) is 17.0. The third-order valence-corrected chi connectivity index (χ3v) is 6.29. The van der Waals surface area contributed by atoms with Crippen LogP contribution in [0.5, 0.6) is 0 Å². The number of hydrogen-bond acceptors (Lipinski definition) is 4. The van der Waals surface area contributed by atoms with Crippen LogP contribution in [0.3, 0.4) is 0 Å². The predicted octanol–water partition coefficient (Wildman–Crippen LogP) is 3.67. The quantitative estimate of drug-likeness (QED) is 0.504. The van der Waals surface area contributed by atoms with Gasteiger partial charge in [-0.15, -0.1) is 0 Å². The predicted molar refractivity (Wildman–Crippen MR) is 121 cm³/mol. The van der Waals surface area contributed by atoms with E-state index in [0.29, 0.717) is 12.2 Å². The maximum absolute atomic E-state index is 13.6. The van der Waals surface area contributed by atoms with Crippen LogP contribution in [-0.2, 0) is 21.5 Å². The van der Waals surface area contributed by atoms with Crippen LogP contribution >= 0.6 is 0 Å². The molecule has 0 aromatic heterocycles. The number of hydrogen-bond donors (Lipinski definition) is 3. The van der Waals surface area contributed by atoms with Crippen molar-refractivity contribution in [2.24, 2.45) is 0 Å². The maximum atomic E-state index is 13.6. The Morgan fingerprint density at radius 1 is 1.21 bits per heavy atom. The van der Waals surface area contributed by atoms with Gasteiger partial charge in [0.1, 0.15) is 17.7 Å². The van der Waals surface area contributed by atoms with Gasteiger partial charge in [0, 0.05) is 25.1 Å². The van der Waals surface area contributed by atoms with Crippen LogP contribution in [0.4, 0.5) is 8.78 Å². The van der Waals surface area contributed by atoms with E-state index in [4.69, 9.17) is 4.74 Å². The summed E-state index contributed by atoms with van der Waals surface area (Å²) in [7, 11) is 0. The Morgan fingerprint density at radius 2 is 1.97 bits per heavy atom. The Hall–Kier alpha value is -2.61. The first-order chi connectivity index (χ1) is 15.8. The third-order valence-electron chi connectivity index (χ3n) is 6.29. The van der Waals surface area contributed by atoms with Gasteiger partial charge in [0.25, 0.3) is 0 Å². The molecule has 4 rings (SSSR count). The van der Waals surface area contributed by atoms with E-state index in [1.165, 1.54) is 19.1 Å². The Balaban J connectivity index is 1.43. The second kappa shape index (κ2) is 10.1. The minimum absolute atomic E-state index is 0.0455. The second-order valence-electron chi connectivity index (χ2n) is 8.95. The number of ether oxygens (including phenoxy) is 1. The molecule has 0 spiro atoms. The molecule has 7 heteroatoms. The summed E-state index contributed by atoms with van der Waals surface area (Å²) in [6, 6.07) is 10.8. The van der Waals surface area contributed by atoms with Crippen molar-refractivity contribution in [1.29, 1.82) is 0 Å². The zero-order valence-corrected chi connectivity index (χ0v) is 18.7. The minimum atomic E-state index is -0.939. The van der Waals surface area contributed by atoms with Crippen LogP contribution in [0.1, 0.15) is 49.0 Å². The lowest BCUT2D eigenvalue weighted by Crippen LogP contribution is -2.49. The summed E-state index contributed by atoms with van der Waals surface area (Å²) in [5.74, 6) is -1.69. The monoisotopic (exact) mass is 456 g/mol. The van der Waals surface area contributed by atoms with Crippen molar-refractivity contribution in [3.05, 3.63) is 82.9 Å². The molecule has 176 valence electrons. The molecular formula is C26H30F2N2O3. The van der Waals surface area contributed by atoms with E-state index in [2.05, 4.69) is 41.0 Å². The number of benzene rings is 2. The van der Waals surface area contributed by atoms with Crippen LogP contribution in [0, 0.1) is 11.6 Å². The normalized spacial score (nSPS) is 20.8. The zero-order valence-electron chi connectivity index (χ0n) is 18.7. The lowest BCUT2D eigenvalue weighted by atomic mass is 9.97. The van der Waals surface area contributed by atoms with E-state index < -0.39 is 23.8 Å². The number of amides is 1.